The van der Waals surface area contributed by atoms with E-state index in [1.54, 1.807) is 0 Å². The van der Waals surface area contributed by atoms with Crippen molar-refractivity contribution in [1.82, 2.24) is 0 Å². The number of esters is 1. The number of carbonyl (C=O) groups is 1. The number of hydrogen-bond acceptors (Lipinski definition) is 4. The van der Waals surface area contributed by atoms with Crippen molar-refractivity contribution >= 4 is 5.97 Å². The minimum Gasteiger partial charge on any atom is -0.463 e. The molecule has 1 atom stereocenters. The molecule has 0 radical (unpaired) electrons. The second-order valence-electron chi connectivity index (χ2n) is 1.84. The van der Waals surface area contributed by atoms with Gasteiger partial charge in [-0.3, -0.25) is 4.79 Å². The second-order valence-corrected chi connectivity index (χ2v) is 1.84. The Labute approximate surface area is 59.7 Å². The van der Waals surface area contributed by atoms with Crippen molar-refractivity contribution in [1.29, 1.82) is 0 Å². The Bertz CT molecular complexity index is 97.9. The molecule has 1 N–H and O–H groups in total. The third-order valence-corrected chi connectivity index (χ3v) is 1.01. The smallest absolute Gasteiger partial charge is 0.302 e. The van der Waals surface area contributed by atoms with Crippen molar-refractivity contribution in [3.8, 4) is 0 Å². The van der Waals surface area contributed by atoms with Crippen LogP contribution in [0.3, 0.4) is 0 Å². The number of carbonyl (C=O) groups excluding carboxylic acids is 1. The van der Waals surface area contributed by atoms with E-state index in [0.717, 1.165) is 0 Å². The SMILES string of the molecule is CO[C@H](CO)COC(C)=O. The van der Waals surface area contributed by atoms with E-state index < -0.39 is 6.10 Å². The topological polar surface area (TPSA) is 55.8 Å². The summed E-state index contributed by atoms with van der Waals surface area (Å²) >= 11 is 0. The van der Waals surface area contributed by atoms with E-state index in [9.17, 15) is 4.79 Å². The Hall–Kier alpha value is -0.610. The van der Waals surface area contributed by atoms with Crippen LogP contribution in [0.15, 0.2) is 0 Å². The maximum absolute atomic E-state index is 10.2. The fraction of sp³-hybridized carbons (Fsp3) is 0.833. The highest BCUT2D eigenvalue weighted by atomic mass is 16.6. The van der Waals surface area contributed by atoms with E-state index >= 15 is 0 Å². The number of ether oxygens (including phenoxy) is 2. The average Bonchev–Trinajstić information content (AvgIpc) is 1.90. The molecule has 0 aliphatic heterocycles. The van der Waals surface area contributed by atoms with Gasteiger partial charge in [0.05, 0.1) is 6.61 Å². The minimum atomic E-state index is -0.399. The van der Waals surface area contributed by atoms with Gasteiger partial charge in [-0.15, -0.1) is 0 Å². The predicted octanol–water partition coefficient (Wildman–Crippen LogP) is -0.443. The molecule has 4 heteroatoms. The van der Waals surface area contributed by atoms with Gasteiger partial charge in [-0.1, -0.05) is 0 Å². The van der Waals surface area contributed by atoms with E-state index in [1.807, 2.05) is 0 Å². The first-order chi connectivity index (χ1) is 4.70. The van der Waals surface area contributed by atoms with Crippen molar-refractivity contribution in [2.24, 2.45) is 0 Å². The quantitative estimate of drug-likeness (QED) is 0.549. The highest BCUT2D eigenvalue weighted by Crippen LogP contribution is 1.89. The second kappa shape index (κ2) is 5.20. The molecule has 0 aromatic rings. The highest BCUT2D eigenvalue weighted by Gasteiger charge is 2.05. The Kier molecular flexibility index (Phi) is 4.88. The lowest BCUT2D eigenvalue weighted by atomic mass is 10.4. The van der Waals surface area contributed by atoms with Gasteiger partial charge < -0.3 is 14.6 Å². The summed E-state index contributed by atoms with van der Waals surface area (Å²) in [6.07, 6.45) is -0.399. The van der Waals surface area contributed by atoms with E-state index in [-0.39, 0.29) is 19.2 Å². The highest BCUT2D eigenvalue weighted by molar-refractivity contribution is 5.65. The zero-order valence-electron chi connectivity index (χ0n) is 6.16. The zero-order chi connectivity index (χ0) is 7.98. The molecule has 0 aliphatic rings. The largest absolute Gasteiger partial charge is 0.463 e. The van der Waals surface area contributed by atoms with Crippen LogP contribution in [0.1, 0.15) is 6.92 Å². The molecule has 0 saturated heterocycles. The molecule has 0 aromatic heterocycles. The molecule has 0 aromatic carbocycles. The first-order valence-electron chi connectivity index (χ1n) is 2.97. The summed E-state index contributed by atoms with van der Waals surface area (Å²) < 4.78 is 9.28. The Morgan fingerprint density at radius 2 is 2.30 bits per heavy atom. The van der Waals surface area contributed by atoms with E-state index in [0.29, 0.717) is 0 Å². The van der Waals surface area contributed by atoms with Crippen LogP contribution in [-0.4, -0.2) is 37.5 Å². The first-order valence-corrected chi connectivity index (χ1v) is 2.97. The third-order valence-electron chi connectivity index (χ3n) is 1.01. The summed E-state index contributed by atoms with van der Waals surface area (Å²) in [5.74, 6) is -0.365. The molecule has 0 bridgehead atoms. The van der Waals surface area contributed by atoms with E-state index in [1.165, 1.54) is 14.0 Å². The maximum atomic E-state index is 10.2. The summed E-state index contributed by atoms with van der Waals surface area (Å²) in [7, 11) is 1.45. The van der Waals surface area contributed by atoms with Crippen LogP contribution in [-0.2, 0) is 14.3 Å². The van der Waals surface area contributed by atoms with E-state index in [4.69, 9.17) is 9.84 Å². The van der Waals surface area contributed by atoms with Crippen LogP contribution >= 0.6 is 0 Å². The molecule has 0 fully saturated rings. The normalized spacial score (nSPS) is 12.7. The van der Waals surface area contributed by atoms with Gasteiger partial charge in [0.1, 0.15) is 12.7 Å². The van der Waals surface area contributed by atoms with Crippen LogP contribution < -0.4 is 0 Å². The van der Waals surface area contributed by atoms with Gasteiger partial charge >= 0.3 is 5.97 Å². The Morgan fingerprint density at radius 3 is 2.60 bits per heavy atom. The van der Waals surface area contributed by atoms with Crippen molar-refractivity contribution in [3.05, 3.63) is 0 Å². The lowest BCUT2D eigenvalue weighted by Crippen LogP contribution is -2.23. The fourth-order valence-corrected chi connectivity index (χ4v) is 0.406. The first kappa shape index (κ1) is 9.39. The molecule has 4 nitrogen and oxygen atoms in total. The average molecular weight is 148 g/mol. The summed E-state index contributed by atoms with van der Waals surface area (Å²) in [5, 5.41) is 8.52. The molecule has 0 saturated carbocycles. The van der Waals surface area contributed by atoms with Gasteiger partial charge in [-0.05, 0) is 0 Å². The van der Waals surface area contributed by atoms with Gasteiger partial charge in [0.15, 0.2) is 0 Å². The van der Waals surface area contributed by atoms with Gasteiger partial charge in [-0.25, -0.2) is 0 Å². The van der Waals surface area contributed by atoms with Crippen LogP contribution in [0.4, 0.5) is 0 Å². The van der Waals surface area contributed by atoms with E-state index in [2.05, 4.69) is 4.74 Å². The van der Waals surface area contributed by atoms with Gasteiger partial charge in [0, 0.05) is 14.0 Å². The summed E-state index contributed by atoms with van der Waals surface area (Å²) in [6, 6.07) is 0. The summed E-state index contributed by atoms with van der Waals surface area (Å²) in [6.45, 7) is 1.29. The molecule has 0 aliphatic carbocycles. The number of aliphatic hydroxyl groups is 1. The van der Waals surface area contributed by atoms with Gasteiger partial charge in [0.25, 0.3) is 0 Å². The number of rotatable bonds is 4. The monoisotopic (exact) mass is 148 g/mol. The number of methoxy groups -OCH3 is 1. The molecule has 0 rings (SSSR count). The fourth-order valence-electron chi connectivity index (χ4n) is 0.406. The maximum Gasteiger partial charge on any atom is 0.302 e. The predicted molar refractivity (Wildman–Crippen MR) is 34.5 cm³/mol. The van der Waals surface area contributed by atoms with Crippen molar-refractivity contribution in [2.45, 2.75) is 13.0 Å². The van der Waals surface area contributed by atoms with Crippen LogP contribution in [0.2, 0.25) is 0 Å². The van der Waals surface area contributed by atoms with Crippen molar-refractivity contribution in [2.75, 3.05) is 20.3 Å². The summed E-state index contributed by atoms with van der Waals surface area (Å²) in [4.78, 5) is 10.2. The zero-order valence-corrected chi connectivity index (χ0v) is 6.16. The van der Waals surface area contributed by atoms with Crippen LogP contribution in [0.25, 0.3) is 0 Å². The molecule has 60 valence electrons. The Morgan fingerprint density at radius 1 is 1.70 bits per heavy atom. The van der Waals surface area contributed by atoms with Crippen LogP contribution in [0, 0.1) is 0 Å². The standard InChI is InChI=1S/C6H12O4/c1-5(8)10-4-6(3-7)9-2/h6-7H,3-4H2,1-2H3/t6-/m1/s1. The minimum absolute atomic E-state index is 0.113. The third kappa shape index (κ3) is 4.29. The molecule has 10 heavy (non-hydrogen) atoms. The lowest BCUT2D eigenvalue weighted by molar-refractivity contribution is -0.145. The molecule has 0 heterocycles. The Balaban J connectivity index is 3.34. The molecular formula is C6H12O4. The van der Waals surface area contributed by atoms with Crippen molar-refractivity contribution in [3.63, 3.8) is 0 Å². The number of aliphatic hydroxyl groups excluding tert-OH is 1. The van der Waals surface area contributed by atoms with Gasteiger partial charge in [0.2, 0.25) is 0 Å². The van der Waals surface area contributed by atoms with Gasteiger partial charge in [-0.2, -0.15) is 0 Å². The summed E-state index contributed by atoms with van der Waals surface area (Å²) in [5.41, 5.74) is 0. The molecule has 0 spiro atoms. The molecular weight excluding hydrogens is 136 g/mol. The van der Waals surface area contributed by atoms with Crippen molar-refractivity contribution < 1.29 is 19.4 Å². The molecule has 0 unspecified atom stereocenters. The lowest BCUT2D eigenvalue weighted by Gasteiger charge is -2.10. The van der Waals surface area contributed by atoms with Crippen LogP contribution in [0.5, 0.6) is 0 Å². The molecule has 0 amide bonds. The number of hydrogen-bond donors (Lipinski definition) is 1.